The zero-order valence-corrected chi connectivity index (χ0v) is 12.6. The number of likely N-dealkylation sites (N-methyl/N-ethyl adjacent to an activating group) is 2. The second-order valence-corrected chi connectivity index (χ2v) is 4.27. The Morgan fingerprint density at radius 3 is 2.06 bits per heavy atom. The fraction of sp³-hybridized carbons (Fsp3) is 0.923. The Balaban J connectivity index is 0. The maximum absolute atomic E-state index is 10.3. The Labute approximate surface area is 112 Å². The zero-order valence-electron chi connectivity index (χ0n) is 12.6. The molecule has 0 atom stereocenters. The summed E-state index contributed by atoms with van der Waals surface area (Å²) < 4.78 is 0. The summed E-state index contributed by atoms with van der Waals surface area (Å²) in [6.45, 7) is 7.91. The van der Waals surface area contributed by atoms with Gasteiger partial charge in [0, 0.05) is 13.1 Å². The van der Waals surface area contributed by atoms with Crippen molar-refractivity contribution < 1.29 is 9.90 Å². The lowest BCUT2D eigenvalue weighted by atomic mass is 9.99. The topological polar surface area (TPSA) is 64.6 Å². The van der Waals surface area contributed by atoms with Crippen LogP contribution >= 0.6 is 0 Å². The highest BCUT2D eigenvalue weighted by Gasteiger charge is 2.18. The fourth-order valence-corrected chi connectivity index (χ4v) is 1.40. The number of nitrogens with one attached hydrogen (secondary N) is 2. The molecular weight excluding hydrogens is 230 g/mol. The molecule has 5 heteroatoms. The first-order chi connectivity index (χ1) is 8.57. The van der Waals surface area contributed by atoms with Crippen molar-refractivity contribution in [2.24, 2.45) is 5.92 Å². The molecule has 0 bridgehead atoms. The molecule has 0 saturated carbocycles. The average molecular weight is 261 g/mol. The van der Waals surface area contributed by atoms with E-state index >= 15 is 0 Å². The minimum absolute atomic E-state index is 0.0914. The molecule has 0 unspecified atom stereocenters. The van der Waals surface area contributed by atoms with E-state index in [1.165, 1.54) is 0 Å². The van der Waals surface area contributed by atoms with Crippen molar-refractivity contribution in [3.05, 3.63) is 0 Å². The smallest absolute Gasteiger partial charge is 0.306 e. The molecule has 110 valence electrons. The van der Waals surface area contributed by atoms with Crippen molar-refractivity contribution in [3.8, 4) is 0 Å². The third-order valence-corrected chi connectivity index (χ3v) is 2.50. The average Bonchev–Trinajstić information content (AvgIpc) is 2.40. The summed E-state index contributed by atoms with van der Waals surface area (Å²) in [5.74, 6) is -0.734. The van der Waals surface area contributed by atoms with E-state index in [4.69, 9.17) is 5.11 Å². The summed E-state index contributed by atoms with van der Waals surface area (Å²) in [6.07, 6.45) is 1.57. The Morgan fingerprint density at radius 2 is 1.83 bits per heavy atom. The number of hydrogen-bond donors (Lipinski definition) is 3. The van der Waals surface area contributed by atoms with E-state index in [1.807, 2.05) is 20.9 Å². The molecule has 1 fully saturated rings. The normalized spacial score (nSPS) is 15.2. The summed E-state index contributed by atoms with van der Waals surface area (Å²) in [7, 11) is 6.10. The van der Waals surface area contributed by atoms with E-state index in [1.54, 1.807) is 0 Å². The summed E-state index contributed by atoms with van der Waals surface area (Å²) in [4.78, 5) is 12.5. The van der Waals surface area contributed by atoms with Crippen molar-refractivity contribution >= 4 is 5.97 Å². The van der Waals surface area contributed by atoms with Gasteiger partial charge in [0.15, 0.2) is 0 Å². The van der Waals surface area contributed by atoms with Gasteiger partial charge >= 0.3 is 5.97 Å². The van der Waals surface area contributed by atoms with Crippen molar-refractivity contribution in [1.29, 1.82) is 0 Å². The Morgan fingerprint density at radius 1 is 1.33 bits per heavy atom. The second-order valence-electron chi connectivity index (χ2n) is 4.27. The van der Waals surface area contributed by atoms with Crippen LogP contribution < -0.4 is 10.6 Å². The molecule has 0 radical (unpaired) electrons. The van der Waals surface area contributed by atoms with Crippen molar-refractivity contribution in [2.75, 3.05) is 47.3 Å². The lowest BCUT2D eigenvalue weighted by molar-refractivity contribution is -0.142. The van der Waals surface area contributed by atoms with E-state index in [0.717, 1.165) is 39.0 Å². The molecule has 1 aliphatic rings. The van der Waals surface area contributed by atoms with E-state index in [2.05, 4.69) is 29.6 Å². The van der Waals surface area contributed by atoms with Crippen LogP contribution in [0.15, 0.2) is 0 Å². The van der Waals surface area contributed by atoms with Gasteiger partial charge < -0.3 is 20.6 Å². The van der Waals surface area contributed by atoms with Gasteiger partial charge in [0.05, 0.1) is 5.92 Å². The van der Waals surface area contributed by atoms with E-state index in [-0.39, 0.29) is 5.92 Å². The first-order valence-electron chi connectivity index (χ1n) is 6.80. The number of carbonyl (C=O) groups is 1. The SMILES string of the molecule is CC.CNCCN(C)C.O=C(O)C1CCNCC1. The molecule has 1 rings (SSSR count). The first kappa shape index (κ1) is 19.7. The number of rotatable bonds is 4. The highest BCUT2D eigenvalue weighted by atomic mass is 16.4. The minimum atomic E-state index is -0.642. The van der Waals surface area contributed by atoms with Gasteiger partial charge in [-0.2, -0.15) is 0 Å². The van der Waals surface area contributed by atoms with Gasteiger partial charge in [-0.3, -0.25) is 4.79 Å². The molecule has 3 N–H and O–H groups in total. The Bertz CT molecular complexity index is 181. The summed E-state index contributed by atoms with van der Waals surface area (Å²) >= 11 is 0. The lowest BCUT2D eigenvalue weighted by Gasteiger charge is -2.17. The molecule has 0 spiro atoms. The minimum Gasteiger partial charge on any atom is -0.481 e. The molecule has 1 aliphatic heterocycles. The van der Waals surface area contributed by atoms with Gasteiger partial charge in [-0.05, 0) is 47.1 Å². The largest absolute Gasteiger partial charge is 0.481 e. The summed E-state index contributed by atoms with van der Waals surface area (Å²) in [6, 6.07) is 0. The lowest BCUT2D eigenvalue weighted by Crippen LogP contribution is -2.31. The van der Waals surface area contributed by atoms with Crippen LogP contribution in [0.2, 0.25) is 0 Å². The Hall–Kier alpha value is -0.650. The second kappa shape index (κ2) is 14.4. The van der Waals surface area contributed by atoms with E-state index in [9.17, 15) is 4.79 Å². The maximum Gasteiger partial charge on any atom is 0.306 e. The molecule has 0 aliphatic carbocycles. The zero-order chi connectivity index (χ0) is 14.4. The number of carboxylic acids is 1. The van der Waals surface area contributed by atoms with E-state index in [0.29, 0.717) is 0 Å². The maximum atomic E-state index is 10.3. The molecule has 18 heavy (non-hydrogen) atoms. The number of nitrogens with zero attached hydrogens (tertiary/aromatic N) is 1. The molecule has 1 saturated heterocycles. The molecule has 0 amide bonds. The van der Waals surface area contributed by atoms with Crippen molar-refractivity contribution in [1.82, 2.24) is 15.5 Å². The molecule has 5 nitrogen and oxygen atoms in total. The van der Waals surface area contributed by atoms with Crippen LogP contribution in [0.3, 0.4) is 0 Å². The van der Waals surface area contributed by atoms with Crippen LogP contribution in [0, 0.1) is 5.92 Å². The van der Waals surface area contributed by atoms with Crippen LogP contribution in [-0.4, -0.2) is 63.3 Å². The van der Waals surface area contributed by atoms with Crippen LogP contribution in [0.1, 0.15) is 26.7 Å². The summed E-state index contributed by atoms with van der Waals surface area (Å²) in [5.41, 5.74) is 0. The molecule has 0 aromatic rings. The number of hydrogen-bond acceptors (Lipinski definition) is 4. The van der Waals surface area contributed by atoms with Crippen molar-refractivity contribution in [2.45, 2.75) is 26.7 Å². The van der Waals surface area contributed by atoms with Crippen LogP contribution in [0.5, 0.6) is 0 Å². The van der Waals surface area contributed by atoms with Crippen LogP contribution in [-0.2, 0) is 4.79 Å². The fourth-order valence-electron chi connectivity index (χ4n) is 1.40. The quantitative estimate of drug-likeness (QED) is 0.701. The summed E-state index contributed by atoms with van der Waals surface area (Å²) in [5, 5.41) is 14.7. The third-order valence-electron chi connectivity index (χ3n) is 2.50. The molecule has 1 heterocycles. The highest BCUT2D eigenvalue weighted by molar-refractivity contribution is 5.70. The highest BCUT2D eigenvalue weighted by Crippen LogP contribution is 2.10. The predicted octanol–water partition coefficient (Wildman–Crippen LogP) is 0.864. The van der Waals surface area contributed by atoms with Gasteiger partial charge in [0.1, 0.15) is 0 Å². The molecular formula is C13H31N3O2. The van der Waals surface area contributed by atoms with E-state index < -0.39 is 5.97 Å². The standard InChI is InChI=1S/C6H11NO2.C5H14N2.C2H6/c8-6(9)5-1-3-7-4-2-5;1-6-4-5-7(2)3;1-2/h5,7H,1-4H2,(H,8,9);6H,4-5H2,1-3H3;1-2H3. The van der Waals surface area contributed by atoms with Crippen LogP contribution in [0.25, 0.3) is 0 Å². The van der Waals surface area contributed by atoms with Crippen molar-refractivity contribution in [3.63, 3.8) is 0 Å². The molecule has 0 aromatic carbocycles. The monoisotopic (exact) mass is 261 g/mol. The first-order valence-corrected chi connectivity index (χ1v) is 6.80. The number of aliphatic carboxylic acids is 1. The van der Waals surface area contributed by atoms with Gasteiger partial charge in [-0.1, -0.05) is 13.8 Å². The Kier molecular flexibility index (Phi) is 15.8. The van der Waals surface area contributed by atoms with Crippen LogP contribution in [0.4, 0.5) is 0 Å². The predicted molar refractivity (Wildman–Crippen MR) is 77.1 cm³/mol. The number of carboxylic acid groups (broad SMARTS) is 1. The molecule has 0 aromatic heterocycles. The van der Waals surface area contributed by atoms with Gasteiger partial charge in [0.25, 0.3) is 0 Å². The van der Waals surface area contributed by atoms with Gasteiger partial charge in [0.2, 0.25) is 0 Å². The van der Waals surface area contributed by atoms with Gasteiger partial charge in [-0.15, -0.1) is 0 Å². The number of piperidine rings is 1. The third kappa shape index (κ3) is 13.4. The van der Waals surface area contributed by atoms with Gasteiger partial charge in [-0.25, -0.2) is 0 Å².